The molecule has 7 heteroatoms. The minimum absolute atomic E-state index is 0.116. The van der Waals surface area contributed by atoms with Crippen molar-refractivity contribution in [3.63, 3.8) is 0 Å². The van der Waals surface area contributed by atoms with Crippen LogP contribution < -0.4 is 15.7 Å². The molecule has 29 heavy (non-hydrogen) atoms. The van der Waals surface area contributed by atoms with E-state index in [4.69, 9.17) is 14.4 Å². The van der Waals surface area contributed by atoms with Crippen molar-refractivity contribution in [3.05, 3.63) is 64.5 Å². The number of anilines is 1. The van der Waals surface area contributed by atoms with Crippen molar-refractivity contribution < 1.29 is 13.9 Å². The average molecular weight is 408 g/mol. The van der Waals surface area contributed by atoms with Gasteiger partial charge < -0.3 is 14.5 Å². The number of rotatable bonds is 7. The van der Waals surface area contributed by atoms with Gasteiger partial charge >= 0.3 is 5.63 Å². The minimum Gasteiger partial charge on any atom is -0.484 e. The number of amides is 1. The average Bonchev–Trinajstić information content (AvgIpc) is 2.67. The van der Waals surface area contributed by atoms with Gasteiger partial charge in [0.1, 0.15) is 11.3 Å². The van der Waals surface area contributed by atoms with Crippen LogP contribution in [0.4, 0.5) is 5.69 Å². The van der Waals surface area contributed by atoms with E-state index in [2.05, 4.69) is 11.4 Å². The Bertz CT molecular complexity index is 1130. The van der Waals surface area contributed by atoms with Crippen LogP contribution in [-0.2, 0) is 4.79 Å². The maximum atomic E-state index is 12.4. The molecule has 1 unspecified atom stereocenters. The molecule has 0 aliphatic heterocycles. The SMILES string of the molecule is Cc1cc(=O)oc2cc(OCC(=O)Nc3ccccc3SC(C)CC#N)ccc12. The lowest BCUT2D eigenvalue weighted by atomic mass is 10.1. The first kappa shape index (κ1) is 20.5. The zero-order valence-corrected chi connectivity index (χ0v) is 16.9. The molecule has 1 amide bonds. The largest absolute Gasteiger partial charge is 0.484 e. The molecule has 0 saturated carbocycles. The first-order chi connectivity index (χ1) is 14.0. The van der Waals surface area contributed by atoms with Gasteiger partial charge in [0.25, 0.3) is 5.91 Å². The van der Waals surface area contributed by atoms with Crippen molar-refractivity contribution in [3.8, 4) is 11.8 Å². The molecule has 0 bridgehead atoms. The van der Waals surface area contributed by atoms with Crippen LogP contribution >= 0.6 is 11.8 Å². The molecular formula is C22H20N2O4S. The highest BCUT2D eigenvalue weighted by Gasteiger charge is 2.11. The second-order valence-corrected chi connectivity index (χ2v) is 8.01. The first-order valence-corrected chi connectivity index (χ1v) is 9.94. The molecular weight excluding hydrogens is 388 g/mol. The van der Waals surface area contributed by atoms with Crippen LogP contribution in [0.25, 0.3) is 11.0 Å². The minimum atomic E-state index is -0.426. The molecule has 0 aliphatic rings. The fourth-order valence-corrected chi connectivity index (χ4v) is 3.78. The van der Waals surface area contributed by atoms with Crippen LogP contribution in [0, 0.1) is 18.3 Å². The topological polar surface area (TPSA) is 92.3 Å². The smallest absolute Gasteiger partial charge is 0.336 e. The molecule has 1 heterocycles. The van der Waals surface area contributed by atoms with Crippen molar-refractivity contribution in [2.75, 3.05) is 11.9 Å². The van der Waals surface area contributed by atoms with Crippen LogP contribution in [-0.4, -0.2) is 17.8 Å². The molecule has 0 fully saturated rings. The number of carbonyl (C=O) groups excluding carboxylic acids is 1. The highest BCUT2D eigenvalue weighted by atomic mass is 32.2. The second-order valence-electron chi connectivity index (χ2n) is 6.53. The normalized spacial score (nSPS) is 11.6. The van der Waals surface area contributed by atoms with Gasteiger partial charge in [-0.3, -0.25) is 4.79 Å². The molecule has 0 spiro atoms. The monoisotopic (exact) mass is 408 g/mol. The number of fused-ring (bicyclic) bond motifs is 1. The number of nitrogens with zero attached hydrogens (tertiary/aromatic N) is 1. The number of nitrogens with one attached hydrogen (secondary N) is 1. The second kappa shape index (κ2) is 9.30. The van der Waals surface area contributed by atoms with E-state index in [-0.39, 0.29) is 17.8 Å². The van der Waals surface area contributed by atoms with E-state index in [0.29, 0.717) is 23.4 Å². The Balaban J connectivity index is 1.66. The fourth-order valence-electron chi connectivity index (χ4n) is 2.79. The number of ether oxygens (including phenoxy) is 1. The molecule has 2 aromatic carbocycles. The third kappa shape index (κ3) is 5.39. The Kier molecular flexibility index (Phi) is 6.57. The summed E-state index contributed by atoms with van der Waals surface area (Å²) < 4.78 is 10.8. The Hall–Kier alpha value is -3.24. The van der Waals surface area contributed by atoms with E-state index in [1.165, 1.54) is 17.8 Å². The van der Waals surface area contributed by atoms with Gasteiger partial charge in [0, 0.05) is 34.1 Å². The van der Waals surface area contributed by atoms with Crippen molar-refractivity contribution in [1.29, 1.82) is 5.26 Å². The summed E-state index contributed by atoms with van der Waals surface area (Å²) in [5, 5.41) is 12.6. The standard InChI is InChI=1S/C22H20N2O4S/c1-14-11-22(26)28-19-12-16(7-8-17(14)19)27-13-21(25)24-18-5-3-4-6-20(18)29-15(2)9-10-23/h3-8,11-12,15H,9,13H2,1-2H3,(H,24,25). The Labute approximate surface area is 172 Å². The number of carbonyl (C=O) groups is 1. The third-order valence-corrected chi connectivity index (χ3v) is 5.34. The Morgan fingerprint density at radius 1 is 1.28 bits per heavy atom. The van der Waals surface area contributed by atoms with E-state index in [1.54, 1.807) is 18.2 Å². The lowest BCUT2D eigenvalue weighted by Gasteiger charge is -2.13. The van der Waals surface area contributed by atoms with Gasteiger partial charge in [-0.2, -0.15) is 5.26 Å². The summed E-state index contributed by atoms with van der Waals surface area (Å²) in [4.78, 5) is 24.8. The molecule has 0 aliphatic carbocycles. The summed E-state index contributed by atoms with van der Waals surface area (Å²) in [7, 11) is 0. The molecule has 6 nitrogen and oxygen atoms in total. The predicted octanol–water partition coefficient (Wildman–Crippen LogP) is 4.51. The molecule has 0 radical (unpaired) electrons. The summed E-state index contributed by atoms with van der Waals surface area (Å²) in [6, 6.07) is 16.2. The lowest BCUT2D eigenvalue weighted by Crippen LogP contribution is -2.20. The Morgan fingerprint density at radius 3 is 2.86 bits per heavy atom. The van der Waals surface area contributed by atoms with Crippen LogP contribution in [0.5, 0.6) is 5.75 Å². The lowest BCUT2D eigenvalue weighted by molar-refractivity contribution is -0.118. The number of benzene rings is 2. The fraction of sp³-hybridized carbons (Fsp3) is 0.227. The van der Waals surface area contributed by atoms with Gasteiger partial charge in [0.05, 0.1) is 11.8 Å². The van der Waals surface area contributed by atoms with E-state index in [0.717, 1.165) is 15.8 Å². The molecule has 1 aromatic heterocycles. The number of thioether (sulfide) groups is 1. The predicted molar refractivity (Wildman–Crippen MR) is 113 cm³/mol. The van der Waals surface area contributed by atoms with Crippen LogP contribution in [0.1, 0.15) is 18.9 Å². The number of hydrogen-bond donors (Lipinski definition) is 1. The molecule has 3 rings (SSSR count). The molecule has 0 saturated heterocycles. The van der Waals surface area contributed by atoms with E-state index < -0.39 is 5.63 Å². The van der Waals surface area contributed by atoms with Crippen LogP contribution in [0.2, 0.25) is 0 Å². The van der Waals surface area contributed by atoms with Gasteiger partial charge in [-0.05, 0) is 36.8 Å². The molecule has 148 valence electrons. The summed E-state index contributed by atoms with van der Waals surface area (Å²) in [5.74, 6) is 0.128. The highest BCUT2D eigenvalue weighted by molar-refractivity contribution is 8.00. The van der Waals surface area contributed by atoms with Crippen molar-refractivity contribution >= 4 is 34.3 Å². The molecule has 1 N–H and O–H groups in total. The van der Waals surface area contributed by atoms with Crippen molar-refractivity contribution in [2.24, 2.45) is 0 Å². The number of hydrogen-bond acceptors (Lipinski definition) is 6. The van der Waals surface area contributed by atoms with Crippen molar-refractivity contribution in [2.45, 2.75) is 30.4 Å². The van der Waals surface area contributed by atoms with E-state index in [1.807, 2.05) is 38.1 Å². The van der Waals surface area contributed by atoms with Gasteiger partial charge in [-0.1, -0.05) is 19.1 Å². The van der Waals surface area contributed by atoms with Crippen molar-refractivity contribution in [1.82, 2.24) is 0 Å². The zero-order valence-electron chi connectivity index (χ0n) is 16.1. The number of aryl methyl sites for hydroxylation is 1. The quantitative estimate of drug-likeness (QED) is 0.457. The zero-order chi connectivity index (χ0) is 20.8. The highest BCUT2D eigenvalue weighted by Crippen LogP contribution is 2.31. The maximum absolute atomic E-state index is 12.4. The van der Waals surface area contributed by atoms with Crippen LogP contribution in [0.3, 0.4) is 0 Å². The Morgan fingerprint density at radius 2 is 2.07 bits per heavy atom. The van der Waals surface area contributed by atoms with E-state index in [9.17, 15) is 9.59 Å². The summed E-state index contributed by atoms with van der Waals surface area (Å²) in [6.45, 7) is 3.61. The van der Waals surface area contributed by atoms with Gasteiger partial charge in [0.2, 0.25) is 0 Å². The molecule has 1 atom stereocenters. The van der Waals surface area contributed by atoms with Crippen LogP contribution in [0.15, 0.2) is 62.6 Å². The first-order valence-electron chi connectivity index (χ1n) is 9.06. The maximum Gasteiger partial charge on any atom is 0.336 e. The third-order valence-electron chi connectivity index (χ3n) is 4.16. The van der Waals surface area contributed by atoms with Gasteiger partial charge in [-0.15, -0.1) is 11.8 Å². The summed E-state index contributed by atoms with van der Waals surface area (Å²) >= 11 is 1.54. The van der Waals surface area contributed by atoms with Gasteiger partial charge in [-0.25, -0.2) is 4.79 Å². The summed E-state index contributed by atoms with van der Waals surface area (Å²) in [5.41, 5.74) is 1.49. The van der Waals surface area contributed by atoms with E-state index >= 15 is 0 Å². The molecule has 3 aromatic rings. The number of para-hydroxylation sites is 1. The van der Waals surface area contributed by atoms with Gasteiger partial charge in [0.15, 0.2) is 6.61 Å². The summed E-state index contributed by atoms with van der Waals surface area (Å²) in [6.07, 6.45) is 0.424. The number of nitriles is 1.